The predicted molar refractivity (Wildman–Crippen MR) is 137 cm³/mol. The molecule has 4 rings (SSSR count). The lowest BCUT2D eigenvalue weighted by atomic mass is 9.87. The molecule has 0 bridgehead atoms. The summed E-state index contributed by atoms with van der Waals surface area (Å²) in [6.45, 7) is 2.23. The number of nitrogens with one attached hydrogen (secondary N) is 2. The first-order valence-corrected chi connectivity index (χ1v) is 13.6. The first kappa shape index (κ1) is 25.2. The predicted octanol–water partition coefficient (Wildman–Crippen LogP) is 4.82. The Morgan fingerprint density at radius 3 is 2.57 bits per heavy atom. The van der Waals surface area contributed by atoms with Crippen molar-refractivity contribution in [1.29, 1.82) is 0 Å². The number of hydrogen-bond acceptors (Lipinski definition) is 4. The van der Waals surface area contributed by atoms with Crippen LogP contribution in [0.15, 0.2) is 77.7 Å². The molecule has 1 amide bonds. The topological polar surface area (TPSA) is 84.5 Å². The number of carbonyl (C=O) groups excluding carboxylic acids is 1. The Kier molecular flexibility index (Phi) is 8.11. The molecule has 0 saturated carbocycles. The number of ether oxygens (including phenoxy) is 1. The van der Waals surface area contributed by atoms with Crippen LogP contribution in [0.4, 0.5) is 0 Å². The molecule has 0 spiro atoms. The van der Waals surface area contributed by atoms with E-state index in [0.717, 1.165) is 30.4 Å². The standard InChI is InChI=1S/C27H29ClN2O4S/c1-2-34-26-16-15-21(18-23(26)28)35(32,33)30-25(17-19-9-4-3-5-10-19)27(31)29-24-14-8-12-20-11-6-7-13-22(20)24/h3-7,9-11,13,15-16,18,24-25,30H,2,8,12,14,17H2,1H3,(H,29,31)/t24-,25-/m0/s1. The maximum atomic E-state index is 13.5. The van der Waals surface area contributed by atoms with Crippen molar-refractivity contribution in [2.24, 2.45) is 0 Å². The zero-order valence-corrected chi connectivity index (χ0v) is 21.1. The van der Waals surface area contributed by atoms with Gasteiger partial charge in [0.2, 0.25) is 15.9 Å². The maximum Gasteiger partial charge on any atom is 0.241 e. The second kappa shape index (κ2) is 11.2. The summed E-state index contributed by atoms with van der Waals surface area (Å²) in [5.74, 6) is 0.0406. The molecule has 3 aromatic carbocycles. The van der Waals surface area contributed by atoms with E-state index in [1.807, 2.05) is 55.5 Å². The first-order chi connectivity index (χ1) is 16.9. The third kappa shape index (κ3) is 6.23. The molecule has 0 fully saturated rings. The summed E-state index contributed by atoms with van der Waals surface area (Å²) in [6.07, 6.45) is 2.95. The molecule has 2 atom stereocenters. The summed E-state index contributed by atoms with van der Waals surface area (Å²) >= 11 is 6.22. The largest absolute Gasteiger partial charge is 0.492 e. The lowest BCUT2D eigenvalue weighted by Crippen LogP contribution is -2.49. The van der Waals surface area contributed by atoms with Crippen LogP contribution in [0.25, 0.3) is 0 Å². The van der Waals surface area contributed by atoms with E-state index in [1.54, 1.807) is 0 Å². The fourth-order valence-corrected chi connectivity index (χ4v) is 5.91. The van der Waals surface area contributed by atoms with Gasteiger partial charge >= 0.3 is 0 Å². The number of amides is 1. The molecule has 0 aliphatic heterocycles. The van der Waals surface area contributed by atoms with E-state index < -0.39 is 16.1 Å². The Morgan fingerprint density at radius 1 is 1.09 bits per heavy atom. The minimum atomic E-state index is -4.03. The molecule has 8 heteroatoms. The molecule has 6 nitrogen and oxygen atoms in total. The smallest absolute Gasteiger partial charge is 0.241 e. The summed E-state index contributed by atoms with van der Waals surface area (Å²) < 4.78 is 34.5. The molecule has 0 heterocycles. The summed E-state index contributed by atoms with van der Waals surface area (Å²) in [4.78, 5) is 13.4. The van der Waals surface area contributed by atoms with Gasteiger partial charge in [0.05, 0.1) is 22.6 Å². The second-order valence-electron chi connectivity index (χ2n) is 8.54. The van der Waals surface area contributed by atoms with Crippen molar-refractivity contribution in [3.05, 3.63) is 94.5 Å². The number of hydrogen-bond donors (Lipinski definition) is 2. The van der Waals surface area contributed by atoms with Gasteiger partial charge < -0.3 is 10.1 Å². The molecule has 0 aromatic heterocycles. The fraction of sp³-hybridized carbons (Fsp3) is 0.296. The van der Waals surface area contributed by atoms with Gasteiger partial charge in [0.1, 0.15) is 11.8 Å². The van der Waals surface area contributed by atoms with Crippen molar-refractivity contribution in [2.75, 3.05) is 6.61 Å². The van der Waals surface area contributed by atoms with E-state index in [2.05, 4.69) is 16.1 Å². The van der Waals surface area contributed by atoms with Crippen molar-refractivity contribution < 1.29 is 17.9 Å². The highest BCUT2D eigenvalue weighted by Crippen LogP contribution is 2.30. The quantitative estimate of drug-likeness (QED) is 0.430. The minimum Gasteiger partial charge on any atom is -0.492 e. The zero-order valence-electron chi connectivity index (χ0n) is 19.5. The third-order valence-corrected chi connectivity index (χ3v) is 7.86. The van der Waals surface area contributed by atoms with Crippen molar-refractivity contribution in [3.63, 3.8) is 0 Å². The average molecular weight is 513 g/mol. The summed E-state index contributed by atoms with van der Waals surface area (Å²) in [7, 11) is -4.03. The molecule has 0 saturated heterocycles. The Bertz CT molecular complexity index is 1280. The van der Waals surface area contributed by atoms with Gasteiger partial charge in [0, 0.05) is 0 Å². The molecule has 3 aromatic rings. The number of fused-ring (bicyclic) bond motifs is 1. The number of aryl methyl sites for hydroxylation is 1. The van der Waals surface area contributed by atoms with Gasteiger partial charge in [0.25, 0.3) is 0 Å². The van der Waals surface area contributed by atoms with Crippen LogP contribution in [0.2, 0.25) is 5.02 Å². The molecule has 2 N–H and O–H groups in total. The zero-order chi connectivity index (χ0) is 24.8. The maximum absolute atomic E-state index is 13.5. The molecule has 0 radical (unpaired) electrons. The van der Waals surface area contributed by atoms with Gasteiger partial charge in [-0.15, -0.1) is 0 Å². The minimum absolute atomic E-state index is 0.0279. The van der Waals surface area contributed by atoms with E-state index >= 15 is 0 Å². The summed E-state index contributed by atoms with van der Waals surface area (Å²) in [5, 5.41) is 3.29. The van der Waals surface area contributed by atoms with E-state index in [1.165, 1.54) is 23.8 Å². The summed E-state index contributed by atoms with van der Waals surface area (Å²) in [6, 6.07) is 20.5. The number of carbonyl (C=O) groups is 1. The van der Waals surface area contributed by atoms with Crippen LogP contribution in [0.1, 0.15) is 42.5 Å². The molecular formula is C27H29ClN2O4S. The number of halogens is 1. The molecule has 35 heavy (non-hydrogen) atoms. The molecular weight excluding hydrogens is 484 g/mol. The Labute approximate surface area is 211 Å². The lowest BCUT2D eigenvalue weighted by Gasteiger charge is -2.28. The normalized spacial score (nSPS) is 16.2. The number of sulfonamides is 1. The molecule has 184 valence electrons. The van der Waals surface area contributed by atoms with E-state index in [9.17, 15) is 13.2 Å². The molecule has 1 aliphatic rings. The Hall–Kier alpha value is -2.87. The highest BCUT2D eigenvalue weighted by Gasteiger charge is 2.30. The number of rotatable bonds is 9. The monoisotopic (exact) mass is 512 g/mol. The van der Waals surface area contributed by atoms with Gasteiger partial charge in [-0.05, 0) is 67.5 Å². The van der Waals surface area contributed by atoms with Crippen molar-refractivity contribution in [1.82, 2.24) is 10.0 Å². The van der Waals surface area contributed by atoms with Gasteiger partial charge in [-0.2, -0.15) is 4.72 Å². The summed E-state index contributed by atoms with van der Waals surface area (Å²) in [5.41, 5.74) is 3.16. The number of benzene rings is 3. The van der Waals surface area contributed by atoms with Gasteiger partial charge in [0.15, 0.2) is 0 Å². The van der Waals surface area contributed by atoms with Crippen LogP contribution in [-0.2, 0) is 27.7 Å². The van der Waals surface area contributed by atoms with Crippen LogP contribution < -0.4 is 14.8 Å². The van der Waals surface area contributed by atoms with Gasteiger partial charge in [-0.3, -0.25) is 4.79 Å². The molecule has 0 unspecified atom stereocenters. The second-order valence-corrected chi connectivity index (χ2v) is 10.7. The van der Waals surface area contributed by atoms with Crippen LogP contribution in [0, 0.1) is 0 Å². The van der Waals surface area contributed by atoms with E-state index in [4.69, 9.17) is 16.3 Å². The fourth-order valence-electron chi connectivity index (χ4n) is 4.39. The highest BCUT2D eigenvalue weighted by atomic mass is 35.5. The highest BCUT2D eigenvalue weighted by molar-refractivity contribution is 7.89. The lowest BCUT2D eigenvalue weighted by molar-refractivity contribution is -0.123. The Morgan fingerprint density at radius 2 is 1.83 bits per heavy atom. The Balaban J connectivity index is 1.58. The van der Waals surface area contributed by atoms with Crippen molar-refractivity contribution in [3.8, 4) is 5.75 Å². The average Bonchev–Trinajstić information content (AvgIpc) is 2.85. The van der Waals surface area contributed by atoms with Crippen LogP contribution in [0.5, 0.6) is 5.75 Å². The first-order valence-electron chi connectivity index (χ1n) is 11.7. The van der Waals surface area contributed by atoms with Crippen molar-refractivity contribution >= 4 is 27.5 Å². The third-order valence-electron chi connectivity index (χ3n) is 6.10. The van der Waals surface area contributed by atoms with Crippen LogP contribution in [-0.4, -0.2) is 27.0 Å². The van der Waals surface area contributed by atoms with E-state index in [-0.39, 0.29) is 28.3 Å². The van der Waals surface area contributed by atoms with Gasteiger partial charge in [-0.25, -0.2) is 8.42 Å². The van der Waals surface area contributed by atoms with Crippen LogP contribution >= 0.6 is 11.6 Å². The molecule has 1 aliphatic carbocycles. The van der Waals surface area contributed by atoms with Gasteiger partial charge in [-0.1, -0.05) is 66.2 Å². The van der Waals surface area contributed by atoms with Crippen LogP contribution in [0.3, 0.4) is 0 Å². The van der Waals surface area contributed by atoms with E-state index in [0.29, 0.717) is 12.4 Å². The van der Waals surface area contributed by atoms with Crippen molar-refractivity contribution in [2.45, 2.75) is 49.6 Å². The SMILES string of the molecule is CCOc1ccc(S(=O)(=O)N[C@@H](Cc2ccccc2)C(=O)N[C@H]2CCCc3ccccc32)cc1Cl.